The van der Waals surface area contributed by atoms with Gasteiger partial charge in [0.1, 0.15) is 16.5 Å². The summed E-state index contributed by atoms with van der Waals surface area (Å²) in [4.78, 5) is -0.999. The lowest BCUT2D eigenvalue weighted by Crippen LogP contribution is -2.04. The van der Waals surface area contributed by atoms with E-state index in [1.807, 2.05) is 0 Å². The van der Waals surface area contributed by atoms with E-state index in [4.69, 9.17) is 0 Å². The maximum atomic E-state index is 14.1. The highest BCUT2D eigenvalue weighted by atomic mass is 32.2. The van der Waals surface area contributed by atoms with Crippen LogP contribution in [0.25, 0.3) is 22.3 Å². The first-order chi connectivity index (χ1) is 11.7. The van der Waals surface area contributed by atoms with Crippen LogP contribution in [0.3, 0.4) is 0 Å². The van der Waals surface area contributed by atoms with Crippen LogP contribution in [0, 0.1) is 23.3 Å². The van der Waals surface area contributed by atoms with E-state index in [1.54, 1.807) is 10.8 Å². The van der Waals surface area contributed by atoms with Gasteiger partial charge in [0.2, 0.25) is 0 Å². The first-order valence-corrected chi connectivity index (χ1v) is 9.73. The molecule has 0 saturated heterocycles. The zero-order valence-corrected chi connectivity index (χ0v) is 14.3. The van der Waals surface area contributed by atoms with Crippen molar-refractivity contribution in [1.82, 2.24) is 0 Å². The highest BCUT2D eigenvalue weighted by Gasteiger charge is 2.22. The summed E-state index contributed by atoms with van der Waals surface area (Å²) in [5.74, 6) is -4.46. The Balaban J connectivity index is 2.17. The second kappa shape index (κ2) is 6.27. The minimum absolute atomic E-state index is 0.100. The van der Waals surface area contributed by atoms with Crippen molar-refractivity contribution in [1.29, 1.82) is 0 Å². The maximum absolute atomic E-state index is 14.1. The molecule has 0 saturated carbocycles. The van der Waals surface area contributed by atoms with Crippen LogP contribution in [-0.4, -0.2) is 14.7 Å². The van der Waals surface area contributed by atoms with E-state index in [-0.39, 0.29) is 5.56 Å². The zero-order chi connectivity index (χ0) is 18.4. The number of rotatable bonds is 3. The van der Waals surface area contributed by atoms with Gasteiger partial charge in [0, 0.05) is 17.4 Å². The molecule has 0 aliphatic carbocycles. The van der Waals surface area contributed by atoms with E-state index in [2.05, 4.69) is 0 Å². The molecule has 0 spiro atoms. The smallest absolute Gasteiger partial charge is 0.181 e. The SMILES string of the molecule is CS(=O)(=O)c1c(F)cc(-c2cscc2-c2ccc(F)c(F)c2)cc1F. The third-order valence-corrected chi connectivity index (χ3v) is 5.45. The molecular weight excluding hydrogens is 376 g/mol. The molecule has 25 heavy (non-hydrogen) atoms. The van der Waals surface area contributed by atoms with Crippen LogP contribution in [0.1, 0.15) is 0 Å². The van der Waals surface area contributed by atoms with Crippen LogP contribution in [0.5, 0.6) is 0 Å². The van der Waals surface area contributed by atoms with Crippen molar-refractivity contribution in [3.63, 3.8) is 0 Å². The predicted octanol–water partition coefficient (Wildman–Crippen LogP) is 5.04. The summed E-state index contributed by atoms with van der Waals surface area (Å²) in [5, 5.41) is 3.22. The van der Waals surface area contributed by atoms with Gasteiger partial charge in [0.15, 0.2) is 21.5 Å². The molecule has 0 atom stereocenters. The van der Waals surface area contributed by atoms with Gasteiger partial charge in [0.25, 0.3) is 0 Å². The topological polar surface area (TPSA) is 34.1 Å². The van der Waals surface area contributed by atoms with Crippen molar-refractivity contribution >= 4 is 21.2 Å². The van der Waals surface area contributed by atoms with Crippen molar-refractivity contribution in [2.24, 2.45) is 0 Å². The van der Waals surface area contributed by atoms with Gasteiger partial charge >= 0.3 is 0 Å². The van der Waals surface area contributed by atoms with Gasteiger partial charge in [-0.05, 0) is 46.2 Å². The molecule has 2 aromatic carbocycles. The summed E-state index contributed by atoms with van der Waals surface area (Å²) in [7, 11) is -4.06. The molecule has 0 fully saturated rings. The van der Waals surface area contributed by atoms with Gasteiger partial charge in [-0.2, -0.15) is 11.3 Å². The number of sulfone groups is 1. The van der Waals surface area contributed by atoms with Gasteiger partial charge in [-0.3, -0.25) is 0 Å². The van der Waals surface area contributed by atoms with Crippen LogP contribution in [0.2, 0.25) is 0 Å². The minimum Gasteiger partial charge on any atom is -0.224 e. The summed E-state index contributed by atoms with van der Waals surface area (Å²) in [6.45, 7) is 0. The molecule has 3 aromatic rings. The monoisotopic (exact) mass is 386 g/mol. The number of hydrogen-bond donors (Lipinski definition) is 0. The fourth-order valence-electron chi connectivity index (χ4n) is 2.48. The zero-order valence-electron chi connectivity index (χ0n) is 12.7. The Hall–Kier alpha value is -2.19. The number of benzene rings is 2. The molecule has 0 bridgehead atoms. The van der Waals surface area contributed by atoms with Gasteiger partial charge in [0.05, 0.1) is 0 Å². The van der Waals surface area contributed by atoms with E-state index >= 15 is 0 Å². The first kappa shape index (κ1) is 17.6. The third-order valence-electron chi connectivity index (χ3n) is 3.57. The lowest BCUT2D eigenvalue weighted by Gasteiger charge is -2.09. The van der Waals surface area contributed by atoms with E-state index < -0.39 is 38.0 Å². The van der Waals surface area contributed by atoms with Crippen molar-refractivity contribution in [3.8, 4) is 22.3 Å². The predicted molar refractivity (Wildman–Crippen MR) is 88.1 cm³/mol. The Morgan fingerprint density at radius 1 is 0.760 bits per heavy atom. The van der Waals surface area contributed by atoms with E-state index in [9.17, 15) is 26.0 Å². The second-order valence-corrected chi connectivity index (χ2v) is 8.07. The average molecular weight is 386 g/mol. The van der Waals surface area contributed by atoms with Crippen LogP contribution in [0.4, 0.5) is 17.6 Å². The molecule has 0 amide bonds. The Kier molecular flexibility index (Phi) is 4.42. The van der Waals surface area contributed by atoms with E-state index in [1.165, 1.54) is 17.4 Å². The number of thiophene rings is 1. The van der Waals surface area contributed by atoms with Crippen molar-refractivity contribution in [2.45, 2.75) is 4.90 Å². The normalized spacial score (nSPS) is 11.7. The largest absolute Gasteiger partial charge is 0.224 e. The molecule has 2 nitrogen and oxygen atoms in total. The minimum atomic E-state index is -4.06. The fourth-order valence-corrected chi connectivity index (χ4v) is 4.17. The number of hydrogen-bond acceptors (Lipinski definition) is 3. The first-order valence-electron chi connectivity index (χ1n) is 6.89. The Morgan fingerprint density at radius 3 is 1.80 bits per heavy atom. The van der Waals surface area contributed by atoms with Crippen LogP contribution in [0.15, 0.2) is 46.0 Å². The second-order valence-electron chi connectivity index (χ2n) is 5.37. The van der Waals surface area contributed by atoms with Gasteiger partial charge in [-0.25, -0.2) is 26.0 Å². The molecule has 0 N–H and O–H groups in total. The molecule has 8 heteroatoms. The molecular formula is C17H10F4O2S2. The highest BCUT2D eigenvalue weighted by molar-refractivity contribution is 7.90. The molecule has 130 valence electrons. The quantitative estimate of drug-likeness (QED) is 0.591. The van der Waals surface area contributed by atoms with Crippen molar-refractivity contribution in [2.75, 3.05) is 6.26 Å². The van der Waals surface area contributed by atoms with Crippen molar-refractivity contribution < 1.29 is 26.0 Å². The summed E-state index contributed by atoms with van der Waals surface area (Å²) in [6.07, 6.45) is 0.714. The Labute approximate surface area is 145 Å². The lowest BCUT2D eigenvalue weighted by atomic mass is 9.99. The average Bonchev–Trinajstić information content (AvgIpc) is 2.97. The molecule has 1 heterocycles. The Bertz CT molecular complexity index is 1050. The molecule has 0 radical (unpaired) electrons. The van der Waals surface area contributed by atoms with E-state index in [0.29, 0.717) is 22.9 Å². The summed E-state index contributed by atoms with van der Waals surface area (Å²) >= 11 is 1.21. The molecule has 3 rings (SSSR count). The molecule has 1 aromatic heterocycles. The molecule has 0 aliphatic heterocycles. The van der Waals surface area contributed by atoms with Crippen LogP contribution in [-0.2, 0) is 9.84 Å². The summed E-state index contributed by atoms with van der Waals surface area (Å²) in [6, 6.07) is 5.11. The van der Waals surface area contributed by atoms with E-state index in [0.717, 1.165) is 24.3 Å². The van der Waals surface area contributed by atoms with Gasteiger partial charge in [-0.15, -0.1) is 0 Å². The summed E-state index contributed by atoms with van der Waals surface area (Å²) < 4.78 is 77.8. The van der Waals surface area contributed by atoms with Crippen molar-refractivity contribution in [3.05, 3.63) is 64.4 Å². The Morgan fingerprint density at radius 2 is 1.28 bits per heavy atom. The lowest BCUT2D eigenvalue weighted by molar-refractivity contribution is 0.509. The van der Waals surface area contributed by atoms with Crippen LogP contribution < -0.4 is 0 Å². The van der Waals surface area contributed by atoms with Gasteiger partial charge < -0.3 is 0 Å². The maximum Gasteiger partial charge on any atom is 0.181 e. The third kappa shape index (κ3) is 3.32. The fraction of sp³-hybridized carbons (Fsp3) is 0.0588. The van der Waals surface area contributed by atoms with Crippen LogP contribution >= 0.6 is 11.3 Å². The van der Waals surface area contributed by atoms with Gasteiger partial charge in [-0.1, -0.05) is 6.07 Å². The standard InChI is InChI=1S/C17H10F4O2S2/c1-25(22,23)17-15(20)5-10(6-16(17)21)12-8-24-7-11(12)9-2-3-13(18)14(19)4-9/h2-8H,1H3. The number of halogens is 4. The molecule has 0 unspecified atom stereocenters. The molecule has 0 aliphatic rings. The highest BCUT2D eigenvalue weighted by Crippen LogP contribution is 2.37. The summed E-state index contributed by atoms with van der Waals surface area (Å²) in [5.41, 5.74) is 1.27.